The van der Waals surface area contributed by atoms with E-state index in [9.17, 15) is 26.3 Å². The summed E-state index contributed by atoms with van der Waals surface area (Å²) in [7, 11) is 2.00. The zero-order valence-corrected chi connectivity index (χ0v) is 18.9. The van der Waals surface area contributed by atoms with E-state index in [0.29, 0.717) is 0 Å². The molecule has 0 amide bonds. The summed E-state index contributed by atoms with van der Waals surface area (Å²) in [5.74, 6) is -5.51. The Morgan fingerprint density at radius 1 is 0.971 bits per heavy atom. The van der Waals surface area contributed by atoms with Crippen LogP contribution in [-0.4, -0.2) is 98.5 Å². The van der Waals surface area contributed by atoms with E-state index in [0.717, 1.165) is 37.9 Å². The van der Waals surface area contributed by atoms with Gasteiger partial charge < -0.3 is 14.9 Å². The fourth-order valence-electron chi connectivity index (χ4n) is 4.56. The largest absolute Gasteiger partial charge is 0.490 e. The molecule has 4 heterocycles. The van der Waals surface area contributed by atoms with Gasteiger partial charge in [0.2, 0.25) is 0 Å². The zero-order valence-electron chi connectivity index (χ0n) is 18.9. The van der Waals surface area contributed by atoms with Crippen LogP contribution in [-0.2, 0) is 27.9 Å². The van der Waals surface area contributed by atoms with Gasteiger partial charge in [-0.3, -0.25) is 14.5 Å². The van der Waals surface area contributed by atoms with E-state index in [1.807, 2.05) is 17.9 Å². The quantitative estimate of drug-likeness (QED) is 0.588. The summed E-state index contributed by atoms with van der Waals surface area (Å²) in [4.78, 5) is 23.3. The molecule has 9 nitrogen and oxygen atoms in total. The normalized spacial score (nSPS) is 23.6. The van der Waals surface area contributed by atoms with Crippen LogP contribution < -0.4 is 0 Å². The molecule has 0 spiro atoms. The van der Waals surface area contributed by atoms with E-state index in [2.05, 4.69) is 21.1 Å². The van der Waals surface area contributed by atoms with Gasteiger partial charge in [0.15, 0.2) is 0 Å². The monoisotopic (exact) mass is 518 g/mol. The summed E-state index contributed by atoms with van der Waals surface area (Å²) in [5.41, 5.74) is 1.35. The van der Waals surface area contributed by atoms with Gasteiger partial charge in [-0.15, -0.1) is 0 Å². The number of nitrogens with zero attached hydrogens (tertiary/aromatic N) is 4. The first-order valence-electron chi connectivity index (χ1n) is 10.9. The number of fused-ring (bicyclic) bond motifs is 1. The highest BCUT2D eigenvalue weighted by atomic mass is 19.4. The van der Waals surface area contributed by atoms with Gasteiger partial charge in [0.1, 0.15) is 0 Å². The second-order valence-corrected chi connectivity index (χ2v) is 8.39. The number of carboxylic acids is 2. The van der Waals surface area contributed by atoms with Gasteiger partial charge in [-0.05, 0) is 25.7 Å². The molecule has 3 aliphatic heterocycles. The molecule has 2 atom stereocenters. The van der Waals surface area contributed by atoms with Crippen molar-refractivity contribution in [3.8, 4) is 0 Å². The van der Waals surface area contributed by atoms with Crippen molar-refractivity contribution in [1.29, 1.82) is 0 Å². The molecule has 1 aromatic rings. The highest BCUT2D eigenvalue weighted by molar-refractivity contribution is 5.73. The number of rotatable bonds is 3. The second-order valence-electron chi connectivity index (χ2n) is 8.39. The van der Waals surface area contributed by atoms with E-state index in [1.54, 1.807) is 0 Å². The Balaban J connectivity index is 0.000000257. The number of hydrogen-bond donors (Lipinski definition) is 2. The average Bonchev–Trinajstić information content (AvgIpc) is 3.46. The van der Waals surface area contributed by atoms with Gasteiger partial charge in [0.05, 0.1) is 6.20 Å². The maximum Gasteiger partial charge on any atom is 0.490 e. The van der Waals surface area contributed by atoms with E-state index in [4.69, 9.17) is 24.5 Å². The van der Waals surface area contributed by atoms with Crippen LogP contribution >= 0.6 is 0 Å². The molecule has 1 aromatic heterocycles. The maximum atomic E-state index is 10.6. The molecule has 4 rings (SSSR count). The van der Waals surface area contributed by atoms with Crippen LogP contribution in [0.2, 0.25) is 0 Å². The average molecular weight is 518 g/mol. The molecular formula is C20H28F6N4O5. The molecule has 0 saturated carbocycles. The Morgan fingerprint density at radius 3 is 1.94 bits per heavy atom. The smallest absolute Gasteiger partial charge is 0.475 e. The van der Waals surface area contributed by atoms with Crippen LogP contribution in [0.25, 0.3) is 0 Å². The number of halogens is 6. The molecule has 0 radical (unpaired) electrons. The van der Waals surface area contributed by atoms with Crippen molar-refractivity contribution in [2.45, 2.75) is 62.7 Å². The van der Waals surface area contributed by atoms with Crippen LogP contribution in [0.1, 0.15) is 31.2 Å². The zero-order chi connectivity index (χ0) is 26.4. The molecule has 0 aliphatic carbocycles. The highest BCUT2D eigenvalue weighted by Gasteiger charge is 2.44. The molecule has 3 saturated heterocycles. The number of aryl methyl sites for hydroxylation is 1. The Kier molecular flexibility index (Phi) is 9.92. The summed E-state index contributed by atoms with van der Waals surface area (Å²) in [6, 6.07) is 2.31. The minimum atomic E-state index is -5.08. The van der Waals surface area contributed by atoms with Crippen LogP contribution in [0.5, 0.6) is 0 Å². The fraction of sp³-hybridized carbons (Fsp3) is 0.750. The molecule has 35 heavy (non-hydrogen) atoms. The third-order valence-electron chi connectivity index (χ3n) is 6.02. The maximum absolute atomic E-state index is 10.6. The lowest BCUT2D eigenvalue weighted by Crippen LogP contribution is -2.44. The van der Waals surface area contributed by atoms with Crippen LogP contribution in [0.15, 0.2) is 12.4 Å². The van der Waals surface area contributed by atoms with Crippen molar-refractivity contribution < 1.29 is 50.9 Å². The number of carboxylic acid groups (broad SMARTS) is 2. The van der Waals surface area contributed by atoms with Crippen LogP contribution in [0.3, 0.4) is 0 Å². The van der Waals surface area contributed by atoms with Crippen molar-refractivity contribution in [1.82, 2.24) is 19.6 Å². The number of aromatic nitrogens is 2. The first kappa shape index (κ1) is 28.8. The first-order chi connectivity index (χ1) is 16.2. The number of ether oxygens (including phenoxy) is 1. The standard InChI is InChI=1S/C16H26N4O.2C2HF3O2/c1-18-11-13(10-17-18)12-19-6-2-16-15(19)3-7-20(16)14-4-8-21-9-5-14;2*3-2(4,5)1(6)7/h10-11,14-16H,2-9,12H2,1H3;2*(H,6,7)/t15-,16+;;/m0../s1. The number of likely N-dealkylation sites (tertiary alicyclic amines) is 2. The molecular weight excluding hydrogens is 490 g/mol. The molecule has 15 heteroatoms. The minimum absolute atomic E-state index is 0.757. The lowest BCUT2D eigenvalue weighted by Gasteiger charge is -2.35. The van der Waals surface area contributed by atoms with Crippen molar-refractivity contribution in [3.05, 3.63) is 18.0 Å². The molecule has 200 valence electrons. The fourth-order valence-corrected chi connectivity index (χ4v) is 4.56. The van der Waals surface area contributed by atoms with E-state index in [-0.39, 0.29) is 0 Å². The summed E-state index contributed by atoms with van der Waals surface area (Å²) in [6.07, 6.45) is -0.876. The number of alkyl halides is 6. The molecule has 2 N–H and O–H groups in total. The summed E-state index contributed by atoms with van der Waals surface area (Å²) >= 11 is 0. The second kappa shape index (κ2) is 12.0. The van der Waals surface area contributed by atoms with E-state index < -0.39 is 24.3 Å². The van der Waals surface area contributed by atoms with Crippen molar-refractivity contribution in [3.63, 3.8) is 0 Å². The van der Waals surface area contributed by atoms with Gasteiger partial charge in [-0.25, -0.2) is 9.59 Å². The lowest BCUT2D eigenvalue weighted by molar-refractivity contribution is -0.193. The first-order valence-corrected chi connectivity index (χ1v) is 10.9. The van der Waals surface area contributed by atoms with Crippen molar-refractivity contribution in [2.24, 2.45) is 7.05 Å². The summed E-state index contributed by atoms with van der Waals surface area (Å²) in [5, 5.41) is 18.5. The van der Waals surface area contributed by atoms with Gasteiger partial charge in [-0.2, -0.15) is 31.4 Å². The minimum Gasteiger partial charge on any atom is -0.475 e. The van der Waals surface area contributed by atoms with Crippen molar-refractivity contribution in [2.75, 3.05) is 26.3 Å². The topological polar surface area (TPSA) is 108 Å². The third-order valence-corrected chi connectivity index (χ3v) is 6.02. The molecule has 3 fully saturated rings. The number of carbonyl (C=O) groups is 2. The lowest BCUT2D eigenvalue weighted by atomic mass is 10.0. The Labute approximate surface area is 197 Å². The Hall–Kier alpha value is -2.39. The summed E-state index contributed by atoms with van der Waals surface area (Å²) in [6.45, 7) is 5.50. The Morgan fingerprint density at radius 2 is 1.49 bits per heavy atom. The van der Waals surface area contributed by atoms with Gasteiger partial charge in [0, 0.05) is 69.8 Å². The SMILES string of the molecule is Cn1cc(CN2CC[C@@H]3[C@@H]2CCN3C2CCOCC2)cn1.O=C(O)C(F)(F)F.O=C(O)C(F)(F)F. The van der Waals surface area contributed by atoms with Crippen LogP contribution in [0, 0.1) is 0 Å². The van der Waals surface area contributed by atoms with Gasteiger partial charge in [-0.1, -0.05) is 0 Å². The van der Waals surface area contributed by atoms with Crippen molar-refractivity contribution >= 4 is 11.9 Å². The highest BCUT2D eigenvalue weighted by Crippen LogP contribution is 2.35. The van der Waals surface area contributed by atoms with Gasteiger partial charge >= 0.3 is 24.3 Å². The molecule has 3 aliphatic rings. The molecule has 0 bridgehead atoms. The third kappa shape index (κ3) is 8.65. The Bertz CT molecular complexity index is 817. The summed E-state index contributed by atoms with van der Waals surface area (Å²) < 4.78 is 70.9. The number of aliphatic carboxylic acids is 2. The molecule has 0 unspecified atom stereocenters. The van der Waals surface area contributed by atoms with Gasteiger partial charge in [0.25, 0.3) is 0 Å². The van der Waals surface area contributed by atoms with E-state index in [1.165, 1.54) is 44.3 Å². The molecule has 0 aromatic carbocycles. The number of hydrogen-bond acceptors (Lipinski definition) is 6. The predicted octanol–water partition coefficient (Wildman–Crippen LogP) is 2.51. The predicted molar refractivity (Wildman–Crippen MR) is 108 cm³/mol. The van der Waals surface area contributed by atoms with E-state index >= 15 is 0 Å². The van der Waals surface area contributed by atoms with Crippen LogP contribution in [0.4, 0.5) is 26.3 Å².